The van der Waals surface area contributed by atoms with Crippen LogP contribution in [0, 0.1) is 0 Å². The third-order valence-electron chi connectivity index (χ3n) is 4.76. The number of hydrogen-bond acceptors (Lipinski definition) is 6. The Morgan fingerprint density at radius 1 is 1.22 bits per heavy atom. The molecule has 0 aliphatic heterocycles. The maximum absolute atomic E-state index is 11.9. The Morgan fingerprint density at radius 2 is 2.04 bits per heavy atom. The van der Waals surface area contributed by atoms with Gasteiger partial charge in [0.25, 0.3) is 0 Å². The molecule has 0 bridgehead atoms. The number of nitrogens with one attached hydrogen (secondary N) is 1. The zero-order valence-corrected chi connectivity index (χ0v) is 15.1. The molecule has 0 unspecified atom stereocenters. The highest BCUT2D eigenvalue weighted by Crippen LogP contribution is 2.40. The molecule has 1 aromatic carbocycles. The van der Waals surface area contributed by atoms with Gasteiger partial charge >= 0.3 is 5.97 Å². The summed E-state index contributed by atoms with van der Waals surface area (Å²) < 4.78 is 4.86. The number of rotatable bonds is 6. The minimum Gasteiger partial charge on any atom is -0.465 e. The fourth-order valence-corrected chi connectivity index (χ4v) is 3.17. The Hall–Kier alpha value is -2.99. The van der Waals surface area contributed by atoms with Gasteiger partial charge in [0.15, 0.2) is 0 Å². The Morgan fingerprint density at radius 3 is 2.78 bits per heavy atom. The van der Waals surface area contributed by atoms with Crippen LogP contribution in [0.5, 0.6) is 0 Å². The molecule has 27 heavy (non-hydrogen) atoms. The van der Waals surface area contributed by atoms with Crippen LogP contribution < -0.4 is 5.32 Å². The highest BCUT2D eigenvalue weighted by molar-refractivity contribution is 5.90. The average molecular weight is 363 g/mol. The topological polar surface area (TPSA) is 84.3 Å². The second kappa shape index (κ2) is 7.32. The minimum atomic E-state index is -0.345. The molecule has 2 aromatic heterocycles. The van der Waals surface area contributed by atoms with Crippen molar-refractivity contribution in [1.82, 2.24) is 9.97 Å². The van der Waals surface area contributed by atoms with E-state index in [1.807, 2.05) is 36.4 Å². The lowest BCUT2D eigenvalue weighted by molar-refractivity contribution is 0.0598. The van der Waals surface area contributed by atoms with Crippen molar-refractivity contribution in [3.05, 3.63) is 65.0 Å². The molecular formula is C21H21N3O3. The number of aliphatic hydroxyl groups is 1. The summed E-state index contributed by atoms with van der Waals surface area (Å²) in [6.07, 6.45) is 2.10. The molecule has 0 amide bonds. The van der Waals surface area contributed by atoms with Crippen LogP contribution in [-0.2, 0) is 17.9 Å². The molecule has 0 radical (unpaired) electrons. The van der Waals surface area contributed by atoms with Crippen molar-refractivity contribution in [2.24, 2.45) is 0 Å². The Kier molecular flexibility index (Phi) is 4.73. The van der Waals surface area contributed by atoms with Gasteiger partial charge in [0, 0.05) is 16.9 Å². The summed E-state index contributed by atoms with van der Waals surface area (Å²) in [4.78, 5) is 21.2. The van der Waals surface area contributed by atoms with Crippen molar-refractivity contribution in [2.45, 2.75) is 31.9 Å². The maximum Gasteiger partial charge on any atom is 0.339 e. The largest absolute Gasteiger partial charge is 0.465 e. The van der Waals surface area contributed by atoms with Crippen LogP contribution in [0.3, 0.4) is 0 Å². The number of pyridine rings is 2. The number of aromatic nitrogens is 2. The van der Waals surface area contributed by atoms with Gasteiger partial charge < -0.3 is 15.2 Å². The highest BCUT2D eigenvalue weighted by atomic mass is 16.5. The minimum absolute atomic E-state index is 0.0950. The van der Waals surface area contributed by atoms with Crippen LogP contribution in [-0.4, -0.2) is 28.2 Å². The Balaban J connectivity index is 1.59. The fraction of sp³-hybridized carbons (Fsp3) is 0.286. The molecule has 0 saturated heterocycles. The molecule has 138 valence electrons. The predicted octanol–water partition coefficient (Wildman–Crippen LogP) is 3.40. The molecule has 1 aliphatic rings. The number of anilines is 1. The Labute approximate surface area is 157 Å². The van der Waals surface area contributed by atoms with Crippen molar-refractivity contribution in [1.29, 1.82) is 0 Å². The fourth-order valence-electron chi connectivity index (χ4n) is 3.17. The number of carbonyl (C=O) groups is 1. The lowest BCUT2D eigenvalue weighted by Gasteiger charge is -2.13. The highest BCUT2D eigenvalue weighted by Gasteiger charge is 2.30. The molecule has 6 heteroatoms. The summed E-state index contributed by atoms with van der Waals surface area (Å²) in [7, 11) is 1.39. The maximum atomic E-state index is 11.9. The van der Waals surface area contributed by atoms with Crippen LogP contribution in [0.2, 0.25) is 0 Å². The van der Waals surface area contributed by atoms with Crippen LogP contribution >= 0.6 is 0 Å². The monoisotopic (exact) mass is 363 g/mol. The smallest absolute Gasteiger partial charge is 0.339 e. The first kappa shape index (κ1) is 17.4. The lowest BCUT2D eigenvalue weighted by Crippen LogP contribution is -2.11. The molecule has 1 fully saturated rings. The molecule has 4 rings (SSSR count). The van der Waals surface area contributed by atoms with Gasteiger partial charge in [-0.25, -0.2) is 9.78 Å². The van der Waals surface area contributed by atoms with Gasteiger partial charge in [-0.3, -0.25) is 4.98 Å². The van der Waals surface area contributed by atoms with E-state index >= 15 is 0 Å². The molecule has 6 nitrogen and oxygen atoms in total. The predicted molar refractivity (Wildman–Crippen MR) is 103 cm³/mol. The normalized spacial score (nSPS) is 13.6. The number of nitrogens with zero attached hydrogens (tertiary/aromatic N) is 2. The van der Waals surface area contributed by atoms with E-state index in [1.165, 1.54) is 7.11 Å². The molecule has 0 spiro atoms. The summed E-state index contributed by atoms with van der Waals surface area (Å²) >= 11 is 0. The molecule has 1 aliphatic carbocycles. The number of aliphatic hydroxyl groups excluding tert-OH is 1. The summed E-state index contributed by atoms with van der Waals surface area (Å²) in [6, 6.07) is 13.3. The number of carbonyl (C=O) groups excluding carboxylic acids is 1. The summed E-state index contributed by atoms with van der Waals surface area (Å²) in [5.41, 5.74) is 3.79. The van der Waals surface area contributed by atoms with Crippen LogP contribution in [0.1, 0.15) is 46.1 Å². The molecule has 2 N–H and O–H groups in total. The quantitative estimate of drug-likeness (QED) is 0.653. The summed E-state index contributed by atoms with van der Waals surface area (Å²) in [5.74, 6) is 0.636. The van der Waals surface area contributed by atoms with Gasteiger partial charge in [-0.15, -0.1) is 0 Å². The van der Waals surface area contributed by atoms with Gasteiger partial charge in [-0.2, -0.15) is 0 Å². The van der Waals surface area contributed by atoms with E-state index in [9.17, 15) is 9.90 Å². The Bertz CT molecular complexity index is 999. The molecule has 2 heterocycles. The first-order valence-corrected chi connectivity index (χ1v) is 9.01. The van der Waals surface area contributed by atoms with E-state index < -0.39 is 0 Å². The van der Waals surface area contributed by atoms with Crippen molar-refractivity contribution in [3.8, 4) is 0 Å². The SMILES string of the molecule is COC(=O)c1ccc(CNc2nc3ccccc3cc2CO)nc1C1CC1. The van der Waals surface area contributed by atoms with E-state index in [-0.39, 0.29) is 12.6 Å². The van der Waals surface area contributed by atoms with E-state index in [0.717, 1.165) is 40.7 Å². The average Bonchev–Trinajstić information content (AvgIpc) is 3.56. The zero-order valence-electron chi connectivity index (χ0n) is 15.1. The second-order valence-electron chi connectivity index (χ2n) is 6.70. The molecule has 1 saturated carbocycles. The van der Waals surface area contributed by atoms with Crippen LogP contribution in [0.25, 0.3) is 10.9 Å². The van der Waals surface area contributed by atoms with Crippen molar-refractivity contribution in [2.75, 3.05) is 12.4 Å². The van der Waals surface area contributed by atoms with Gasteiger partial charge in [-0.1, -0.05) is 18.2 Å². The number of hydrogen-bond donors (Lipinski definition) is 2. The summed E-state index contributed by atoms with van der Waals surface area (Å²) in [5, 5.41) is 13.9. The number of methoxy groups -OCH3 is 1. The van der Waals surface area contributed by atoms with Gasteiger partial charge in [0.05, 0.1) is 42.7 Å². The first-order chi connectivity index (χ1) is 13.2. The standard InChI is InChI=1S/C21H21N3O3/c1-27-21(26)17-9-8-16(23-19(17)13-6-7-13)11-22-20-15(12-25)10-14-4-2-3-5-18(14)24-20/h2-5,8-10,13,25H,6-7,11-12H2,1H3,(H,22,24). The van der Waals surface area contributed by atoms with E-state index in [2.05, 4.69) is 15.3 Å². The third-order valence-corrected chi connectivity index (χ3v) is 4.76. The number of ether oxygens (including phenoxy) is 1. The van der Waals surface area contributed by atoms with Gasteiger partial charge in [-0.05, 0) is 37.1 Å². The number of fused-ring (bicyclic) bond motifs is 1. The van der Waals surface area contributed by atoms with Crippen molar-refractivity contribution in [3.63, 3.8) is 0 Å². The van der Waals surface area contributed by atoms with E-state index in [0.29, 0.717) is 23.8 Å². The van der Waals surface area contributed by atoms with Crippen molar-refractivity contribution >= 4 is 22.7 Å². The first-order valence-electron chi connectivity index (χ1n) is 9.01. The van der Waals surface area contributed by atoms with E-state index in [1.54, 1.807) is 6.07 Å². The number of benzene rings is 1. The van der Waals surface area contributed by atoms with E-state index in [4.69, 9.17) is 4.74 Å². The van der Waals surface area contributed by atoms with Crippen LogP contribution in [0.15, 0.2) is 42.5 Å². The molecule has 0 atom stereocenters. The zero-order chi connectivity index (χ0) is 18.8. The van der Waals surface area contributed by atoms with Crippen molar-refractivity contribution < 1.29 is 14.6 Å². The van der Waals surface area contributed by atoms with Crippen LogP contribution in [0.4, 0.5) is 5.82 Å². The summed E-state index contributed by atoms with van der Waals surface area (Å²) in [6.45, 7) is 0.363. The second-order valence-corrected chi connectivity index (χ2v) is 6.70. The third kappa shape index (κ3) is 3.61. The lowest BCUT2D eigenvalue weighted by atomic mass is 10.1. The van der Waals surface area contributed by atoms with Gasteiger partial charge in [0.1, 0.15) is 5.82 Å². The number of esters is 1. The number of para-hydroxylation sites is 1. The molecule has 3 aromatic rings. The molecular weight excluding hydrogens is 342 g/mol. The van der Waals surface area contributed by atoms with Gasteiger partial charge in [0.2, 0.25) is 0 Å².